The van der Waals surface area contributed by atoms with Gasteiger partial charge in [0.1, 0.15) is 0 Å². The molecule has 2 aromatic rings. The monoisotopic (exact) mass is 326 g/mol. The molecule has 2 aromatic heterocycles. The van der Waals surface area contributed by atoms with Crippen LogP contribution in [0.15, 0.2) is 30.5 Å². The molecule has 1 unspecified atom stereocenters. The summed E-state index contributed by atoms with van der Waals surface area (Å²) in [5.74, 6) is 0.784. The Bertz CT molecular complexity index is 694. The molecule has 0 aromatic carbocycles. The van der Waals surface area contributed by atoms with Gasteiger partial charge in [-0.2, -0.15) is 5.10 Å². The summed E-state index contributed by atoms with van der Waals surface area (Å²) >= 11 is 0. The minimum absolute atomic E-state index is 0.262. The Hall–Kier alpha value is -2.17. The summed E-state index contributed by atoms with van der Waals surface area (Å²) in [4.78, 5) is 19.2. The van der Waals surface area contributed by atoms with Gasteiger partial charge in [-0.25, -0.2) is 0 Å². The molecule has 1 atom stereocenters. The highest BCUT2D eigenvalue weighted by atomic mass is 16.2. The quantitative estimate of drug-likeness (QED) is 0.848. The highest BCUT2D eigenvalue weighted by Crippen LogP contribution is 2.21. The van der Waals surface area contributed by atoms with E-state index in [1.165, 1.54) is 6.42 Å². The van der Waals surface area contributed by atoms with Gasteiger partial charge in [-0.15, -0.1) is 0 Å². The van der Waals surface area contributed by atoms with Gasteiger partial charge in [-0.3, -0.25) is 14.5 Å². The van der Waals surface area contributed by atoms with Crippen LogP contribution in [-0.4, -0.2) is 38.7 Å². The van der Waals surface area contributed by atoms with Gasteiger partial charge in [0.15, 0.2) is 0 Å². The van der Waals surface area contributed by atoms with Crippen LogP contribution in [0, 0.1) is 12.8 Å². The first-order chi connectivity index (χ1) is 11.6. The minimum atomic E-state index is 0.262. The molecule has 1 aliphatic rings. The first-order valence-corrected chi connectivity index (χ1v) is 8.79. The van der Waals surface area contributed by atoms with Gasteiger partial charge in [0.05, 0.1) is 0 Å². The van der Waals surface area contributed by atoms with Gasteiger partial charge in [0.2, 0.25) is 5.91 Å². The molecule has 0 radical (unpaired) electrons. The third-order valence-electron chi connectivity index (χ3n) is 4.83. The first kappa shape index (κ1) is 16.7. The van der Waals surface area contributed by atoms with Crippen LogP contribution < -0.4 is 0 Å². The molecule has 0 aliphatic carbocycles. The maximum atomic E-state index is 12.5. The average Bonchev–Trinajstić information content (AvgIpc) is 2.98. The van der Waals surface area contributed by atoms with E-state index >= 15 is 0 Å². The van der Waals surface area contributed by atoms with E-state index in [-0.39, 0.29) is 5.91 Å². The molecule has 5 heteroatoms. The molecule has 0 N–H and O–H groups in total. The van der Waals surface area contributed by atoms with Crippen molar-refractivity contribution in [3.63, 3.8) is 0 Å². The fourth-order valence-electron chi connectivity index (χ4n) is 3.51. The zero-order valence-electron chi connectivity index (χ0n) is 14.6. The van der Waals surface area contributed by atoms with E-state index in [1.807, 2.05) is 35.7 Å². The SMILES string of the molecule is Cc1cccc(CC2CCCN(C(=O)CCc3ccnn3C)C2)n1. The normalized spacial score (nSPS) is 17.9. The molecule has 128 valence electrons. The van der Waals surface area contributed by atoms with Gasteiger partial charge in [-0.05, 0) is 56.7 Å². The fraction of sp³-hybridized carbons (Fsp3) is 0.526. The second-order valence-electron chi connectivity index (χ2n) is 6.77. The number of hydrogen-bond acceptors (Lipinski definition) is 3. The summed E-state index contributed by atoms with van der Waals surface area (Å²) in [6, 6.07) is 8.17. The van der Waals surface area contributed by atoms with Crippen molar-refractivity contribution in [3.05, 3.63) is 47.5 Å². The standard InChI is InChI=1S/C19H26N4O/c1-15-5-3-7-17(21-15)13-16-6-4-12-23(14-16)19(24)9-8-18-10-11-20-22(18)2/h3,5,7,10-11,16H,4,6,8-9,12-14H2,1-2H3. The Balaban J connectivity index is 1.53. The molecule has 3 rings (SSSR count). The lowest BCUT2D eigenvalue weighted by Crippen LogP contribution is -2.40. The third kappa shape index (κ3) is 4.22. The van der Waals surface area contributed by atoms with Crippen molar-refractivity contribution in [3.8, 4) is 0 Å². The van der Waals surface area contributed by atoms with Gasteiger partial charge in [-0.1, -0.05) is 6.07 Å². The van der Waals surface area contributed by atoms with Crippen LogP contribution in [0.4, 0.5) is 0 Å². The van der Waals surface area contributed by atoms with Crippen LogP contribution in [0.25, 0.3) is 0 Å². The fourth-order valence-corrected chi connectivity index (χ4v) is 3.51. The van der Waals surface area contributed by atoms with Crippen LogP contribution in [0.1, 0.15) is 36.3 Å². The molecule has 1 saturated heterocycles. The molecule has 24 heavy (non-hydrogen) atoms. The van der Waals surface area contributed by atoms with Crippen molar-refractivity contribution in [1.82, 2.24) is 19.7 Å². The van der Waals surface area contributed by atoms with Crippen molar-refractivity contribution >= 4 is 5.91 Å². The van der Waals surface area contributed by atoms with E-state index < -0.39 is 0 Å². The Kier molecular flexibility index (Phi) is 5.28. The van der Waals surface area contributed by atoms with Gasteiger partial charge in [0, 0.05) is 49.8 Å². The van der Waals surface area contributed by atoms with Crippen LogP contribution in [-0.2, 0) is 24.7 Å². The Morgan fingerprint density at radius 1 is 1.33 bits per heavy atom. The molecule has 0 spiro atoms. The van der Waals surface area contributed by atoms with Crippen LogP contribution in [0.5, 0.6) is 0 Å². The van der Waals surface area contributed by atoms with Crippen LogP contribution in [0.2, 0.25) is 0 Å². The molecule has 5 nitrogen and oxygen atoms in total. The highest BCUT2D eigenvalue weighted by molar-refractivity contribution is 5.76. The van der Waals surface area contributed by atoms with Crippen LogP contribution >= 0.6 is 0 Å². The number of amides is 1. The van der Waals surface area contributed by atoms with E-state index in [0.29, 0.717) is 12.3 Å². The number of piperidine rings is 1. The number of aryl methyl sites for hydroxylation is 3. The summed E-state index contributed by atoms with van der Waals surface area (Å²) in [7, 11) is 1.92. The Morgan fingerprint density at radius 3 is 2.96 bits per heavy atom. The predicted molar refractivity (Wildman–Crippen MR) is 93.5 cm³/mol. The van der Waals surface area contributed by atoms with E-state index in [4.69, 9.17) is 0 Å². The molecule has 0 saturated carbocycles. The number of nitrogens with zero attached hydrogens (tertiary/aromatic N) is 4. The molecular weight excluding hydrogens is 300 g/mol. The number of pyridine rings is 1. The molecular formula is C19H26N4O. The predicted octanol–water partition coefficient (Wildman–Crippen LogP) is 2.54. The molecule has 0 bridgehead atoms. The van der Waals surface area contributed by atoms with Gasteiger partial charge < -0.3 is 4.90 Å². The molecule has 1 aliphatic heterocycles. The Morgan fingerprint density at radius 2 is 2.21 bits per heavy atom. The van der Waals surface area contributed by atoms with Crippen molar-refractivity contribution in [2.24, 2.45) is 13.0 Å². The van der Waals surface area contributed by atoms with Crippen molar-refractivity contribution in [2.45, 2.75) is 39.0 Å². The zero-order valence-corrected chi connectivity index (χ0v) is 14.6. The number of aromatic nitrogens is 3. The summed E-state index contributed by atoms with van der Waals surface area (Å²) in [5.41, 5.74) is 3.32. The maximum Gasteiger partial charge on any atom is 0.222 e. The second kappa shape index (κ2) is 7.60. The Labute approximate surface area is 143 Å². The summed E-state index contributed by atoms with van der Waals surface area (Å²) in [6.07, 6.45) is 6.35. The summed E-state index contributed by atoms with van der Waals surface area (Å²) < 4.78 is 1.84. The average molecular weight is 326 g/mol. The van der Waals surface area contributed by atoms with Crippen LogP contribution in [0.3, 0.4) is 0 Å². The van der Waals surface area contributed by atoms with E-state index in [1.54, 1.807) is 6.20 Å². The van der Waals surface area contributed by atoms with Crippen molar-refractivity contribution in [1.29, 1.82) is 0 Å². The topological polar surface area (TPSA) is 51.0 Å². The van der Waals surface area contributed by atoms with E-state index in [9.17, 15) is 4.79 Å². The van der Waals surface area contributed by atoms with E-state index in [0.717, 1.165) is 49.4 Å². The number of rotatable bonds is 5. The summed E-state index contributed by atoms with van der Waals surface area (Å²) in [5, 5.41) is 4.16. The molecule has 1 amide bonds. The lowest BCUT2D eigenvalue weighted by Gasteiger charge is -2.33. The maximum absolute atomic E-state index is 12.5. The number of hydrogen-bond donors (Lipinski definition) is 0. The van der Waals surface area contributed by atoms with Crippen molar-refractivity contribution < 1.29 is 4.79 Å². The second-order valence-corrected chi connectivity index (χ2v) is 6.77. The minimum Gasteiger partial charge on any atom is -0.342 e. The summed E-state index contributed by atoms with van der Waals surface area (Å²) in [6.45, 7) is 3.78. The largest absolute Gasteiger partial charge is 0.342 e. The van der Waals surface area contributed by atoms with E-state index in [2.05, 4.69) is 22.2 Å². The zero-order chi connectivity index (χ0) is 16.9. The number of carbonyl (C=O) groups is 1. The lowest BCUT2D eigenvalue weighted by atomic mass is 9.93. The van der Waals surface area contributed by atoms with Gasteiger partial charge in [0.25, 0.3) is 0 Å². The number of carbonyl (C=O) groups excluding carboxylic acids is 1. The first-order valence-electron chi connectivity index (χ1n) is 8.79. The smallest absolute Gasteiger partial charge is 0.222 e. The lowest BCUT2D eigenvalue weighted by molar-refractivity contribution is -0.133. The van der Waals surface area contributed by atoms with Crippen molar-refractivity contribution in [2.75, 3.05) is 13.1 Å². The molecule has 1 fully saturated rings. The molecule has 3 heterocycles. The third-order valence-corrected chi connectivity index (χ3v) is 4.83. The highest BCUT2D eigenvalue weighted by Gasteiger charge is 2.24. The number of likely N-dealkylation sites (tertiary alicyclic amines) is 1. The van der Waals surface area contributed by atoms with Gasteiger partial charge >= 0.3 is 0 Å².